The van der Waals surface area contributed by atoms with Crippen LogP contribution in [0.3, 0.4) is 0 Å². The summed E-state index contributed by atoms with van der Waals surface area (Å²) < 4.78 is 15.7. The Hall–Kier alpha value is -6.16. The molecule has 60 heavy (non-hydrogen) atoms. The van der Waals surface area contributed by atoms with Crippen molar-refractivity contribution in [3.8, 4) is 29.0 Å². The molecule has 8 rings (SSSR count). The number of rotatable bonds is 11. The van der Waals surface area contributed by atoms with Gasteiger partial charge in [-0.15, -0.1) is 9.08 Å². The Morgan fingerprint density at radius 1 is 0.950 bits per heavy atom. The minimum atomic E-state index is -1.10. The molecule has 0 saturated heterocycles. The molecular weight excluding hydrogens is 755 g/mol. The second-order valence-corrected chi connectivity index (χ2v) is 16.6. The summed E-state index contributed by atoms with van der Waals surface area (Å²) in [4.78, 5) is 29.5. The van der Waals surface area contributed by atoms with Gasteiger partial charge in [0.05, 0.1) is 5.69 Å². The van der Waals surface area contributed by atoms with Crippen molar-refractivity contribution >= 4 is 29.1 Å². The van der Waals surface area contributed by atoms with Crippen LogP contribution in [0, 0.1) is 42.9 Å². The van der Waals surface area contributed by atoms with E-state index in [2.05, 4.69) is 56.8 Å². The number of hydrogen-bond donors (Lipinski definition) is 2. The number of para-hydroxylation sites is 2. The predicted molar refractivity (Wildman–Crippen MR) is 231 cm³/mol. The fourth-order valence-corrected chi connectivity index (χ4v) is 9.75. The van der Waals surface area contributed by atoms with Gasteiger partial charge < -0.3 is 14.4 Å². The van der Waals surface area contributed by atoms with Gasteiger partial charge in [-0.3, -0.25) is 0 Å². The summed E-state index contributed by atoms with van der Waals surface area (Å²) >= 11 is 0. The maximum Gasteiger partial charge on any atom is 0.469 e. The smallest absolute Gasteiger partial charge is 0.457 e. The second kappa shape index (κ2) is 16.8. The van der Waals surface area contributed by atoms with E-state index in [0.717, 1.165) is 59.4 Å². The van der Waals surface area contributed by atoms with Crippen molar-refractivity contribution in [2.75, 3.05) is 22.9 Å². The van der Waals surface area contributed by atoms with E-state index in [1.807, 2.05) is 104 Å². The highest BCUT2D eigenvalue weighted by molar-refractivity contribution is 5.81. The van der Waals surface area contributed by atoms with Crippen LogP contribution < -0.4 is 19.1 Å². The molecule has 1 fully saturated rings. The number of aromatic amines is 1. The van der Waals surface area contributed by atoms with E-state index in [9.17, 15) is 15.3 Å². The van der Waals surface area contributed by atoms with Crippen LogP contribution in [0.5, 0.6) is 11.5 Å². The maximum absolute atomic E-state index is 14.8. The highest BCUT2D eigenvalue weighted by Crippen LogP contribution is 2.48. The normalized spacial score (nSPS) is 19.2. The van der Waals surface area contributed by atoms with Gasteiger partial charge in [0.1, 0.15) is 23.7 Å². The van der Waals surface area contributed by atoms with Gasteiger partial charge in [0.15, 0.2) is 0 Å². The summed E-state index contributed by atoms with van der Waals surface area (Å²) in [5.74, 6) is 2.80. The van der Waals surface area contributed by atoms with Gasteiger partial charge in [0.25, 0.3) is 5.82 Å². The average Bonchev–Trinajstić information content (AvgIpc) is 3.79. The first-order valence-corrected chi connectivity index (χ1v) is 21.1. The lowest BCUT2D eigenvalue weighted by Gasteiger charge is -2.36. The molecule has 6 aromatic rings. The number of aromatic nitrogens is 4. The molecule has 0 spiro atoms. The number of ether oxygens (including phenoxy) is 2. The van der Waals surface area contributed by atoms with E-state index in [0.29, 0.717) is 28.9 Å². The number of hydrogen-bond acceptors (Lipinski definition) is 9. The molecule has 2 aromatic heterocycles. The molecule has 3 unspecified atom stereocenters. The van der Waals surface area contributed by atoms with Crippen LogP contribution in [0.25, 0.3) is 17.2 Å². The number of imidazole rings is 1. The Balaban J connectivity index is 1.36. The van der Waals surface area contributed by atoms with Crippen LogP contribution in [0.1, 0.15) is 87.7 Å². The number of carbonyl (C=O) groups excluding carboxylic acids is 1. The van der Waals surface area contributed by atoms with Gasteiger partial charge >= 0.3 is 11.9 Å². The summed E-state index contributed by atoms with van der Waals surface area (Å²) in [7, 11) is 0. The minimum Gasteiger partial charge on any atom is -0.457 e. The Bertz CT molecular complexity index is 2510. The van der Waals surface area contributed by atoms with Crippen LogP contribution in [-0.2, 0) is 9.62 Å². The van der Waals surface area contributed by atoms with Gasteiger partial charge in [-0.25, -0.2) is 24.9 Å². The zero-order chi connectivity index (χ0) is 42.2. The number of anilines is 3. The molecule has 12 heteroatoms. The first-order valence-electron chi connectivity index (χ1n) is 21.1. The molecule has 2 N–H and O–H groups in total. The molecule has 0 amide bonds. The van der Waals surface area contributed by atoms with Gasteiger partial charge in [0.2, 0.25) is 17.7 Å². The van der Waals surface area contributed by atoms with Crippen LogP contribution in [-0.4, -0.2) is 51.4 Å². The molecule has 12 nitrogen and oxygen atoms in total. The number of nitrogens with one attached hydrogen (secondary N) is 1. The van der Waals surface area contributed by atoms with Gasteiger partial charge in [-0.2, -0.15) is 5.26 Å². The van der Waals surface area contributed by atoms with Gasteiger partial charge in [-0.05, 0) is 106 Å². The number of carbonyl (C=O) groups is 1. The zero-order valence-electron chi connectivity index (χ0n) is 35.4. The molecule has 310 valence electrons. The molecule has 2 aliphatic rings. The van der Waals surface area contributed by atoms with E-state index >= 15 is 0 Å². The maximum atomic E-state index is 14.8. The summed E-state index contributed by atoms with van der Waals surface area (Å²) in [5, 5.41) is 25.9. The first kappa shape index (κ1) is 40.6. The summed E-state index contributed by atoms with van der Waals surface area (Å²) in [6.07, 6.45) is -0.0702. The van der Waals surface area contributed by atoms with Crippen molar-refractivity contribution < 1.29 is 28.9 Å². The van der Waals surface area contributed by atoms with Crippen molar-refractivity contribution in [1.29, 1.82) is 5.26 Å². The summed E-state index contributed by atoms with van der Waals surface area (Å²) in [6.45, 7) is 16.3. The lowest BCUT2D eigenvalue weighted by molar-refractivity contribution is -0.563. The second-order valence-electron chi connectivity index (χ2n) is 16.6. The van der Waals surface area contributed by atoms with E-state index in [-0.39, 0.29) is 47.6 Å². The van der Waals surface area contributed by atoms with Crippen molar-refractivity contribution in [1.82, 2.24) is 14.6 Å². The van der Waals surface area contributed by atoms with Gasteiger partial charge in [-0.1, -0.05) is 80.4 Å². The molecule has 1 aliphatic carbocycles. The molecular formula is C48H54N7O5+. The molecule has 0 radical (unpaired) electrons. The molecule has 0 bridgehead atoms. The number of nitrogens with zero attached hydrogens (tertiary/aromatic N) is 6. The van der Waals surface area contributed by atoms with E-state index in [1.165, 1.54) is 4.57 Å². The van der Waals surface area contributed by atoms with Crippen molar-refractivity contribution in [2.24, 2.45) is 17.8 Å². The van der Waals surface area contributed by atoms with E-state index in [4.69, 9.17) is 19.3 Å². The Labute approximate surface area is 351 Å². The van der Waals surface area contributed by atoms with Crippen LogP contribution >= 0.6 is 0 Å². The predicted octanol–water partition coefficient (Wildman–Crippen LogP) is 10.3. The van der Waals surface area contributed by atoms with Crippen molar-refractivity contribution in [2.45, 2.75) is 86.0 Å². The Morgan fingerprint density at radius 3 is 2.18 bits per heavy atom. The molecule has 3 atom stereocenters. The highest BCUT2D eigenvalue weighted by atomic mass is 17.1. The zero-order valence-corrected chi connectivity index (χ0v) is 35.4. The fraction of sp³-hybridized carbons (Fsp3) is 0.375. The lowest BCUT2D eigenvalue weighted by atomic mass is 9.75. The quantitative estimate of drug-likeness (QED) is 0.0568. The molecule has 1 aliphatic heterocycles. The number of nitriles is 1. The molecule has 3 heterocycles. The largest absolute Gasteiger partial charge is 0.469 e. The number of fused-ring (bicyclic) bond motifs is 3. The van der Waals surface area contributed by atoms with Crippen molar-refractivity contribution in [3.63, 3.8) is 0 Å². The van der Waals surface area contributed by atoms with Crippen LogP contribution in [0.15, 0.2) is 91.0 Å². The third-order valence-electron chi connectivity index (χ3n) is 12.5. The van der Waals surface area contributed by atoms with Crippen molar-refractivity contribution in [3.05, 3.63) is 119 Å². The van der Waals surface area contributed by atoms with E-state index < -0.39 is 12.3 Å². The number of aryl methyl sites for hydroxylation is 2. The lowest BCUT2D eigenvalue weighted by Crippen LogP contribution is -2.41. The first-order chi connectivity index (χ1) is 29.1. The van der Waals surface area contributed by atoms with Crippen LogP contribution in [0.2, 0.25) is 0 Å². The molecule has 4 aromatic carbocycles. The van der Waals surface area contributed by atoms with Crippen LogP contribution in [0.4, 0.5) is 22.0 Å². The third kappa shape index (κ3) is 7.26. The summed E-state index contributed by atoms with van der Waals surface area (Å²) in [6, 6.07) is 32.1. The number of H-pyrrole nitrogens is 1. The van der Waals surface area contributed by atoms with E-state index in [1.54, 1.807) is 4.52 Å². The minimum absolute atomic E-state index is 0.0263. The summed E-state index contributed by atoms with van der Waals surface area (Å²) in [5.41, 5.74) is 6.18. The Kier molecular flexibility index (Phi) is 11.4. The fourth-order valence-electron chi connectivity index (χ4n) is 9.75. The Morgan fingerprint density at radius 2 is 1.58 bits per heavy atom. The SMILES string of the molecule is CCN(CC)c1ccc(N(c2c(C#N)n(C(=O)OC3C(C)CC(C)CC3C)c3nc(-c4ccccc4C)[nH][n+]23)C(CC2c3ccccc3Oc3ccccc32)OO)c(C)c1. The third-order valence-corrected chi connectivity index (χ3v) is 12.5. The molecule has 1 saturated carbocycles. The van der Waals surface area contributed by atoms with Gasteiger partial charge in [0, 0.05) is 47.8 Å². The number of benzene rings is 4. The average molecular weight is 809 g/mol. The highest BCUT2D eigenvalue weighted by Gasteiger charge is 2.44. The topological polar surface area (TPSA) is 133 Å². The standard InChI is InChI=1S/C48H53N7O5/c1-8-52(9-2)34-22-23-39(31(5)26-34)53(43(60-57)27-38-36-18-12-14-20-41(36)58-42-21-15-13-19-37(38)42)46-40(28-49)54(48(56)59-44-32(6)24-29(3)25-33(44)7)47-50-45(51-55(46)47)35-17-11-10-16-30(35)4/h10-23,26,29,32-33,38,43-44,57H,8-9,24-25,27H2,1-7H3/p+1. The monoisotopic (exact) mass is 808 g/mol.